The zero-order valence-corrected chi connectivity index (χ0v) is 20.0. The first kappa shape index (κ1) is 26.4. The first-order valence-corrected chi connectivity index (χ1v) is 12.6. The van der Waals surface area contributed by atoms with Gasteiger partial charge in [-0.05, 0) is 53.8 Å². The Morgan fingerprint density at radius 3 is 2.34 bits per heavy atom. The summed E-state index contributed by atoms with van der Waals surface area (Å²) in [4.78, 5) is -0.241. The summed E-state index contributed by atoms with van der Waals surface area (Å²) in [5, 5.41) is 23.3. The van der Waals surface area contributed by atoms with Crippen molar-refractivity contribution in [2.24, 2.45) is 0 Å². The number of aliphatic hydroxyl groups excluding tert-OH is 1. The Kier molecular flexibility index (Phi) is 9.07. The average molecular weight is 500 g/mol. The maximum atomic E-state index is 13.7. The Bertz CT molecular complexity index is 1290. The van der Waals surface area contributed by atoms with Gasteiger partial charge in [-0.2, -0.15) is 5.26 Å². The lowest BCUT2D eigenvalue weighted by Crippen LogP contribution is -2.48. The zero-order valence-electron chi connectivity index (χ0n) is 19.2. The van der Waals surface area contributed by atoms with Crippen molar-refractivity contribution in [3.63, 3.8) is 0 Å². The molecule has 0 radical (unpaired) electrons. The highest BCUT2D eigenvalue weighted by atomic mass is 32.2. The third kappa shape index (κ3) is 7.41. The Hall–Kier alpha value is -3.16. The molecule has 0 saturated heterocycles. The number of nitrogens with zero attached hydrogens (tertiary/aromatic N) is 1. The summed E-state index contributed by atoms with van der Waals surface area (Å²) in [5.41, 5.74) is 2.29. The van der Waals surface area contributed by atoms with Crippen molar-refractivity contribution in [2.75, 3.05) is 6.54 Å². The second-order valence-electron chi connectivity index (χ2n) is 8.19. The van der Waals surface area contributed by atoms with Crippen LogP contribution in [-0.4, -0.2) is 32.2 Å². The van der Waals surface area contributed by atoms with Crippen LogP contribution in [0.25, 0.3) is 0 Å². The first-order valence-electron chi connectivity index (χ1n) is 11.1. The van der Waals surface area contributed by atoms with Gasteiger partial charge in [0.25, 0.3) is 0 Å². The van der Waals surface area contributed by atoms with E-state index in [4.69, 9.17) is 0 Å². The molecule has 3 rings (SSSR count). The van der Waals surface area contributed by atoms with Gasteiger partial charge in [0.2, 0.25) is 10.0 Å². The van der Waals surface area contributed by atoms with Crippen LogP contribution in [0.4, 0.5) is 8.78 Å². The standard InChI is InChI=1S/C26H27F2N3O3S/c1-2-18-6-5-7-19(10-18)16-30-17-25(32)24(13-20-11-22(27)14-23(28)12-20)31-35(33,34)26-9-4-3-8-21(26)15-29/h3-12,14,24-25,30-32H,2,13,16-17H2,1H3. The fourth-order valence-corrected chi connectivity index (χ4v) is 5.19. The molecule has 3 N–H and O–H groups in total. The summed E-state index contributed by atoms with van der Waals surface area (Å²) in [6.07, 6.45) is -0.523. The van der Waals surface area contributed by atoms with Gasteiger partial charge < -0.3 is 10.4 Å². The van der Waals surface area contributed by atoms with Crippen molar-refractivity contribution in [1.82, 2.24) is 10.0 Å². The SMILES string of the molecule is CCc1cccc(CNCC(O)C(Cc2cc(F)cc(F)c2)NS(=O)(=O)c2ccccc2C#N)c1. The summed E-state index contributed by atoms with van der Waals surface area (Å²) in [6.45, 7) is 2.50. The van der Waals surface area contributed by atoms with Crippen LogP contribution in [0, 0.1) is 23.0 Å². The number of hydrogen-bond acceptors (Lipinski definition) is 5. The van der Waals surface area contributed by atoms with Crippen LogP contribution in [0.5, 0.6) is 0 Å². The van der Waals surface area contributed by atoms with Gasteiger partial charge in [-0.15, -0.1) is 0 Å². The van der Waals surface area contributed by atoms with Crippen LogP contribution >= 0.6 is 0 Å². The van der Waals surface area contributed by atoms with Crippen molar-refractivity contribution in [2.45, 2.75) is 43.4 Å². The van der Waals surface area contributed by atoms with Crippen LogP contribution in [-0.2, 0) is 29.4 Å². The second-order valence-corrected chi connectivity index (χ2v) is 9.87. The van der Waals surface area contributed by atoms with Crippen molar-refractivity contribution in [3.8, 4) is 6.07 Å². The van der Waals surface area contributed by atoms with Crippen LogP contribution in [0.1, 0.15) is 29.2 Å². The number of benzene rings is 3. The normalized spacial score (nSPS) is 13.2. The molecule has 0 aliphatic rings. The Morgan fingerprint density at radius 2 is 1.66 bits per heavy atom. The number of nitriles is 1. The lowest BCUT2D eigenvalue weighted by atomic mass is 10.0. The lowest BCUT2D eigenvalue weighted by molar-refractivity contribution is 0.134. The molecule has 6 nitrogen and oxygen atoms in total. The van der Waals surface area contributed by atoms with E-state index in [0.717, 1.165) is 24.1 Å². The predicted octanol–water partition coefficient (Wildman–Crippen LogP) is 3.44. The van der Waals surface area contributed by atoms with E-state index in [1.54, 1.807) is 0 Å². The molecule has 0 aliphatic carbocycles. The number of aliphatic hydroxyl groups is 1. The smallest absolute Gasteiger partial charge is 0.242 e. The summed E-state index contributed by atoms with van der Waals surface area (Å²) in [5.74, 6) is -1.61. The molecule has 2 unspecified atom stereocenters. The van der Waals surface area contributed by atoms with E-state index in [1.807, 2.05) is 37.3 Å². The molecule has 0 saturated carbocycles. The molecular formula is C26H27F2N3O3S. The molecule has 0 aliphatic heterocycles. The van der Waals surface area contributed by atoms with Crippen LogP contribution < -0.4 is 10.0 Å². The quantitative estimate of drug-likeness (QED) is 0.375. The summed E-state index contributed by atoms with van der Waals surface area (Å²) in [7, 11) is -4.22. The van der Waals surface area contributed by atoms with Gasteiger partial charge in [0, 0.05) is 19.2 Å². The summed E-state index contributed by atoms with van der Waals surface area (Å²) in [6, 6.07) is 17.2. The van der Waals surface area contributed by atoms with Gasteiger partial charge in [-0.25, -0.2) is 21.9 Å². The highest BCUT2D eigenvalue weighted by molar-refractivity contribution is 7.89. The largest absolute Gasteiger partial charge is 0.390 e. The van der Waals surface area contributed by atoms with E-state index in [2.05, 4.69) is 10.0 Å². The lowest BCUT2D eigenvalue weighted by Gasteiger charge is -2.25. The number of sulfonamides is 1. The summed E-state index contributed by atoms with van der Waals surface area (Å²) >= 11 is 0. The van der Waals surface area contributed by atoms with E-state index >= 15 is 0 Å². The van der Waals surface area contributed by atoms with E-state index in [9.17, 15) is 27.6 Å². The van der Waals surface area contributed by atoms with Crippen molar-refractivity contribution in [1.29, 1.82) is 5.26 Å². The molecule has 0 aromatic heterocycles. The minimum absolute atomic E-state index is 0.0151. The third-order valence-electron chi connectivity index (χ3n) is 5.53. The van der Waals surface area contributed by atoms with Crippen molar-refractivity contribution < 1.29 is 22.3 Å². The average Bonchev–Trinajstić information content (AvgIpc) is 2.83. The van der Waals surface area contributed by atoms with E-state index in [1.165, 1.54) is 29.8 Å². The monoisotopic (exact) mass is 499 g/mol. The molecule has 0 spiro atoms. The Labute approximate surface area is 204 Å². The molecule has 184 valence electrons. The van der Waals surface area contributed by atoms with Crippen molar-refractivity contribution >= 4 is 10.0 Å². The first-order chi connectivity index (χ1) is 16.7. The highest BCUT2D eigenvalue weighted by Crippen LogP contribution is 2.18. The zero-order chi connectivity index (χ0) is 25.4. The van der Waals surface area contributed by atoms with Crippen LogP contribution in [0.15, 0.2) is 71.6 Å². The third-order valence-corrected chi connectivity index (χ3v) is 7.08. The topological polar surface area (TPSA) is 102 Å². The molecule has 3 aromatic rings. The van der Waals surface area contributed by atoms with E-state index in [0.29, 0.717) is 12.6 Å². The van der Waals surface area contributed by atoms with Crippen molar-refractivity contribution in [3.05, 3.63) is 101 Å². The number of nitrogens with one attached hydrogen (secondary N) is 2. The maximum absolute atomic E-state index is 13.7. The molecule has 9 heteroatoms. The molecule has 3 aromatic carbocycles. The van der Waals surface area contributed by atoms with Gasteiger partial charge >= 0.3 is 0 Å². The minimum Gasteiger partial charge on any atom is -0.390 e. The van der Waals surface area contributed by atoms with Gasteiger partial charge in [-0.3, -0.25) is 0 Å². The predicted molar refractivity (Wildman–Crippen MR) is 129 cm³/mol. The molecule has 0 amide bonds. The number of rotatable bonds is 11. The van der Waals surface area contributed by atoms with Gasteiger partial charge in [0.15, 0.2) is 0 Å². The fourth-order valence-electron chi connectivity index (χ4n) is 3.76. The number of aryl methyl sites for hydroxylation is 1. The second kappa shape index (κ2) is 12.0. The maximum Gasteiger partial charge on any atom is 0.242 e. The Balaban J connectivity index is 1.80. The van der Waals surface area contributed by atoms with E-state index < -0.39 is 33.8 Å². The molecule has 0 heterocycles. The number of halogens is 2. The fraction of sp³-hybridized carbons (Fsp3) is 0.269. The molecular weight excluding hydrogens is 472 g/mol. The van der Waals surface area contributed by atoms with E-state index in [-0.39, 0.29) is 29.0 Å². The number of hydrogen-bond donors (Lipinski definition) is 3. The molecule has 35 heavy (non-hydrogen) atoms. The van der Waals surface area contributed by atoms with Crippen LogP contribution in [0.2, 0.25) is 0 Å². The van der Waals surface area contributed by atoms with Crippen LogP contribution in [0.3, 0.4) is 0 Å². The van der Waals surface area contributed by atoms with Gasteiger partial charge in [-0.1, -0.05) is 43.3 Å². The highest BCUT2D eigenvalue weighted by Gasteiger charge is 2.28. The summed E-state index contributed by atoms with van der Waals surface area (Å²) < 4.78 is 56.1. The molecule has 0 bridgehead atoms. The molecule has 2 atom stereocenters. The Morgan fingerprint density at radius 1 is 0.971 bits per heavy atom. The van der Waals surface area contributed by atoms with Gasteiger partial charge in [0.05, 0.1) is 22.6 Å². The van der Waals surface area contributed by atoms with Gasteiger partial charge in [0.1, 0.15) is 17.7 Å². The minimum atomic E-state index is -4.22. The molecule has 0 fully saturated rings.